The van der Waals surface area contributed by atoms with E-state index < -0.39 is 49.5 Å². The van der Waals surface area contributed by atoms with Crippen LogP contribution in [0.25, 0.3) is 0 Å². The average molecular weight is 159 g/mol. The second-order valence-electron chi connectivity index (χ2n) is 1.78. The summed E-state index contributed by atoms with van der Waals surface area (Å²) in [6.45, 7) is -2.90. The van der Waals surface area contributed by atoms with Gasteiger partial charge in [-0.3, -0.25) is 0 Å². The molecule has 2 rings (SSSR count). The Hall–Kier alpha value is -0.960. The molecule has 1 aliphatic rings. The fourth-order valence-corrected chi connectivity index (χ4v) is 0.664. The van der Waals surface area contributed by atoms with Crippen LogP contribution < -0.4 is 5.32 Å². The van der Waals surface area contributed by atoms with E-state index in [1.807, 2.05) is 5.32 Å². The second kappa shape index (κ2) is 2.96. The standard InChI is InChI=1S/C8H11N3/c1-2-7(10-4-1)8-3-5-9-6-11-8/h3,5-7,10H,1-2,4H2/i1D2,2D2,3D,4D2,5D,6D,7D. The van der Waals surface area contributed by atoms with Crippen molar-refractivity contribution in [1.29, 1.82) is 0 Å². The number of nitrogens with one attached hydrogen (secondary N) is 1. The number of rotatable bonds is 1. The Bertz CT molecular complexity index is 602. The van der Waals surface area contributed by atoms with Crippen LogP contribution in [0.15, 0.2) is 18.5 Å². The van der Waals surface area contributed by atoms with E-state index in [1.54, 1.807) is 0 Å². The highest BCUT2D eigenvalue weighted by atomic mass is 15.0. The topological polar surface area (TPSA) is 37.8 Å². The van der Waals surface area contributed by atoms with Crippen molar-refractivity contribution in [1.82, 2.24) is 15.3 Å². The molecule has 1 atom stereocenters. The van der Waals surface area contributed by atoms with Crippen LogP contribution in [0, 0.1) is 0 Å². The molecule has 1 fully saturated rings. The molecule has 0 spiro atoms. The highest BCUT2D eigenvalue weighted by Crippen LogP contribution is 2.19. The average Bonchev–Trinajstić information content (AvgIpc) is 2.40. The quantitative estimate of drug-likeness (QED) is 0.661. The molecule has 3 nitrogen and oxygen atoms in total. The Labute approximate surface area is 79.9 Å². The Morgan fingerprint density at radius 2 is 2.91 bits per heavy atom. The smallest absolute Gasteiger partial charge is 0.115 e. The van der Waals surface area contributed by atoms with Crippen molar-refractivity contribution in [3.8, 4) is 0 Å². The van der Waals surface area contributed by atoms with Gasteiger partial charge >= 0.3 is 0 Å². The summed E-state index contributed by atoms with van der Waals surface area (Å²) >= 11 is 0. The van der Waals surface area contributed by atoms with E-state index in [1.165, 1.54) is 0 Å². The largest absolute Gasteiger partial charge is 0.309 e. The maximum atomic E-state index is 8.13. The Kier molecular flexibility index (Phi) is 0.499. The summed E-state index contributed by atoms with van der Waals surface area (Å²) in [6.07, 6.45) is -7.65. The monoisotopic (exact) mass is 159 g/mol. The molecule has 0 aliphatic carbocycles. The summed E-state index contributed by atoms with van der Waals surface area (Å²) in [5.41, 5.74) is -0.747. The Morgan fingerprint density at radius 1 is 1.91 bits per heavy atom. The van der Waals surface area contributed by atoms with E-state index in [9.17, 15) is 0 Å². The van der Waals surface area contributed by atoms with Gasteiger partial charge in [0.25, 0.3) is 0 Å². The zero-order valence-electron chi connectivity index (χ0n) is 15.4. The minimum atomic E-state index is -3.10. The maximum absolute atomic E-state index is 8.13. The number of aromatic nitrogens is 2. The minimum Gasteiger partial charge on any atom is -0.309 e. The van der Waals surface area contributed by atoms with Gasteiger partial charge in [0.05, 0.1) is 9.81 Å². The third-order valence-electron chi connectivity index (χ3n) is 1.12. The lowest BCUT2D eigenvalue weighted by molar-refractivity contribution is 0.625. The fraction of sp³-hybridized carbons (Fsp3) is 0.500. The van der Waals surface area contributed by atoms with Gasteiger partial charge in [0.15, 0.2) is 0 Å². The highest BCUT2D eigenvalue weighted by Gasteiger charge is 2.16. The van der Waals surface area contributed by atoms with Crippen molar-refractivity contribution in [3.05, 3.63) is 24.2 Å². The van der Waals surface area contributed by atoms with Gasteiger partial charge in [-0.15, -0.1) is 0 Å². The molecule has 2 heterocycles. The molecule has 1 aliphatic heterocycles. The molecule has 0 bridgehead atoms. The first-order chi connectivity index (χ1) is 9.28. The summed E-state index contributed by atoms with van der Waals surface area (Å²) in [5, 5.41) is 1.87. The van der Waals surface area contributed by atoms with E-state index in [-0.39, 0.29) is 0 Å². The first-order valence-electron chi connectivity index (χ1n) is 7.89. The van der Waals surface area contributed by atoms with Crippen LogP contribution in [0.5, 0.6) is 0 Å². The first kappa shape index (κ1) is 1.85. The van der Waals surface area contributed by atoms with Crippen LogP contribution in [-0.4, -0.2) is 16.5 Å². The van der Waals surface area contributed by atoms with Crippen molar-refractivity contribution in [3.63, 3.8) is 0 Å². The molecule has 0 radical (unpaired) electrons. The minimum absolute atomic E-state index is 0.720. The number of hydrogen-bond donors (Lipinski definition) is 1. The first-order valence-corrected chi connectivity index (χ1v) is 2.89. The van der Waals surface area contributed by atoms with Gasteiger partial charge < -0.3 is 5.32 Å². The van der Waals surface area contributed by atoms with E-state index in [0.29, 0.717) is 0 Å². The van der Waals surface area contributed by atoms with Crippen molar-refractivity contribution in [2.75, 3.05) is 6.50 Å². The molecular formula is C8H11N3. The molecule has 1 N–H and O–H groups in total. The molecule has 0 saturated carbocycles. The lowest BCUT2D eigenvalue weighted by Gasteiger charge is -2.07. The van der Waals surface area contributed by atoms with Crippen LogP contribution in [0.2, 0.25) is 0 Å². The van der Waals surface area contributed by atoms with Crippen LogP contribution in [0.3, 0.4) is 0 Å². The summed E-state index contributed by atoms with van der Waals surface area (Å²) in [4.78, 5) is 6.71. The SMILES string of the molecule is [2H]c1nc([2H])c([2H])c(C2([2H])NC([2H])([2H])C([2H])([2H])C2([2H])[2H])n1. The lowest BCUT2D eigenvalue weighted by atomic mass is 10.1. The van der Waals surface area contributed by atoms with Crippen molar-refractivity contribution < 1.29 is 13.7 Å². The second-order valence-corrected chi connectivity index (χ2v) is 1.78. The molecule has 0 amide bonds. The molecule has 3 heteroatoms. The normalized spacial score (nSPS) is 57.5. The van der Waals surface area contributed by atoms with Crippen molar-refractivity contribution in [2.24, 2.45) is 0 Å². The van der Waals surface area contributed by atoms with Gasteiger partial charge in [-0.25, -0.2) is 9.97 Å². The number of hydrogen-bond acceptors (Lipinski definition) is 3. The molecule has 0 aromatic carbocycles. The van der Waals surface area contributed by atoms with Gasteiger partial charge in [0.2, 0.25) is 0 Å². The zero-order valence-corrected chi connectivity index (χ0v) is 5.39. The van der Waals surface area contributed by atoms with Gasteiger partial charge in [0.1, 0.15) is 7.67 Å². The summed E-state index contributed by atoms with van der Waals surface area (Å²) < 4.78 is 76.4. The van der Waals surface area contributed by atoms with Crippen LogP contribution in [-0.2, 0) is 0 Å². The van der Waals surface area contributed by atoms with Gasteiger partial charge in [-0.05, 0) is 25.3 Å². The molecule has 1 unspecified atom stereocenters. The molecule has 1 saturated heterocycles. The molecule has 11 heavy (non-hydrogen) atoms. The summed E-state index contributed by atoms with van der Waals surface area (Å²) in [6, 6.07) is -3.53. The Balaban J connectivity index is 2.75. The van der Waals surface area contributed by atoms with Crippen LogP contribution in [0.4, 0.5) is 0 Å². The van der Waals surface area contributed by atoms with Crippen molar-refractivity contribution >= 4 is 0 Å². The van der Waals surface area contributed by atoms with Crippen LogP contribution >= 0.6 is 0 Å². The summed E-state index contributed by atoms with van der Waals surface area (Å²) in [5.74, 6) is 0. The summed E-state index contributed by atoms with van der Waals surface area (Å²) in [7, 11) is 0. The van der Waals surface area contributed by atoms with Crippen LogP contribution in [0.1, 0.15) is 38.2 Å². The van der Waals surface area contributed by atoms with Gasteiger partial charge in [-0.1, -0.05) is 0 Å². The predicted molar refractivity (Wildman–Crippen MR) is 42.0 cm³/mol. The molecule has 1 aromatic rings. The van der Waals surface area contributed by atoms with E-state index in [0.717, 1.165) is 0 Å². The molecule has 1 aromatic heterocycles. The maximum Gasteiger partial charge on any atom is 0.115 e. The fourth-order valence-electron chi connectivity index (χ4n) is 0.664. The van der Waals surface area contributed by atoms with Crippen molar-refractivity contribution in [2.45, 2.75) is 18.8 Å². The van der Waals surface area contributed by atoms with E-state index in [2.05, 4.69) is 9.97 Å². The third-order valence-corrected chi connectivity index (χ3v) is 1.12. The van der Waals surface area contributed by atoms with E-state index >= 15 is 0 Å². The predicted octanol–water partition coefficient (Wildman–Crippen LogP) is 0.901. The lowest BCUT2D eigenvalue weighted by Crippen LogP contribution is -2.13. The highest BCUT2D eigenvalue weighted by molar-refractivity contribution is 5.05. The van der Waals surface area contributed by atoms with E-state index in [4.69, 9.17) is 13.7 Å². The van der Waals surface area contributed by atoms with Gasteiger partial charge in [0, 0.05) is 20.4 Å². The zero-order chi connectivity index (χ0) is 16.4. The Morgan fingerprint density at radius 3 is 3.73 bits per heavy atom. The molecule has 58 valence electrons. The number of nitrogens with zero attached hydrogens (tertiary/aromatic N) is 2. The third kappa shape index (κ3) is 1.38. The van der Waals surface area contributed by atoms with Gasteiger partial charge in [-0.2, -0.15) is 0 Å². The molecular weight excluding hydrogens is 138 g/mol.